The Bertz CT molecular complexity index is 1610. The van der Waals surface area contributed by atoms with E-state index in [0.717, 1.165) is 28.0 Å². The maximum Gasteiger partial charge on any atom is 0.416 e. The highest BCUT2D eigenvalue weighted by molar-refractivity contribution is 5.97. The Labute approximate surface area is 203 Å². The zero-order valence-corrected chi connectivity index (χ0v) is 18.7. The molecule has 0 saturated carbocycles. The number of amides is 1. The van der Waals surface area contributed by atoms with Crippen molar-refractivity contribution in [3.63, 3.8) is 0 Å². The Morgan fingerprint density at radius 3 is 2.39 bits per heavy atom. The molecule has 2 heterocycles. The van der Waals surface area contributed by atoms with Gasteiger partial charge >= 0.3 is 6.18 Å². The van der Waals surface area contributed by atoms with Crippen LogP contribution in [0.25, 0.3) is 22.3 Å². The largest absolute Gasteiger partial charge is 0.416 e. The molecule has 0 atom stereocenters. The van der Waals surface area contributed by atoms with Crippen molar-refractivity contribution in [3.8, 4) is 11.4 Å². The number of aromatic nitrogens is 3. The van der Waals surface area contributed by atoms with E-state index in [0.29, 0.717) is 10.9 Å². The van der Waals surface area contributed by atoms with Gasteiger partial charge in [-0.05, 0) is 59.5 Å². The summed E-state index contributed by atoms with van der Waals surface area (Å²) < 4.78 is 42.8. The number of alkyl halides is 3. The van der Waals surface area contributed by atoms with E-state index in [4.69, 9.17) is 0 Å². The zero-order chi connectivity index (χ0) is 25.3. The number of nitrogens with one attached hydrogen (secondary N) is 1. The predicted octanol–water partition coefficient (Wildman–Crippen LogP) is 5.13. The van der Waals surface area contributed by atoms with E-state index >= 15 is 0 Å². The molecule has 1 N–H and O–H groups in total. The van der Waals surface area contributed by atoms with Gasteiger partial charge in [-0.25, -0.2) is 4.68 Å². The monoisotopic (exact) mass is 488 g/mol. The summed E-state index contributed by atoms with van der Waals surface area (Å²) in [7, 11) is 0. The number of nitrogens with zero attached hydrogens (tertiary/aromatic N) is 3. The van der Waals surface area contributed by atoms with E-state index in [1.54, 1.807) is 35.1 Å². The van der Waals surface area contributed by atoms with Crippen LogP contribution in [0.1, 0.15) is 21.5 Å². The van der Waals surface area contributed by atoms with Crippen LogP contribution in [-0.2, 0) is 12.7 Å². The van der Waals surface area contributed by atoms with Crippen LogP contribution in [-0.4, -0.2) is 20.3 Å². The van der Waals surface area contributed by atoms with Gasteiger partial charge < -0.3 is 5.32 Å². The Morgan fingerprint density at radius 1 is 0.889 bits per heavy atom. The Kier molecular flexibility index (Phi) is 5.89. The standard InChI is InChI=1S/C27H19F3N4O2/c28-27(29,30)20-6-3-7-22(16-20)34-24-8-2-1-5-19(24)15-23(26(34)36)25(35)31-17-18-9-11-21(12-10-18)33-14-4-13-32-33/h1-16H,17H2,(H,31,35). The minimum atomic E-state index is -4.57. The first-order valence-corrected chi connectivity index (χ1v) is 11.0. The average Bonchev–Trinajstić information content (AvgIpc) is 3.42. The zero-order valence-electron chi connectivity index (χ0n) is 18.7. The summed E-state index contributed by atoms with van der Waals surface area (Å²) in [6.45, 7) is 0.161. The van der Waals surface area contributed by atoms with Crippen LogP contribution in [0.5, 0.6) is 0 Å². The van der Waals surface area contributed by atoms with Crippen LogP contribution in [0.2, 0.25) is 0 Å². The predicted molar refractivity (Wildman–Crippen MR) is 129 cm³/mol. The van der Waals surface area contributed by atoms with Crippen LogP contribution >= 0.6 is 0 Å². The Morgan fingerprint density at radius 2 is 1.67 bits per heavy atom. The molecule has 0 spiro atoms. The molecule has 5 rings (SSSR count). The maximum absolute atomic E-state index is 13.4. The number of para-hydroxylation sites is 1. The maximum atomic E-state index is 13.4. The highest BCUT2D eigenvalue weighted by Crippen LogP contribution is 2.30. The van der Waals surface area contributed by atoms with E-state index in [1.807, 2.05) is 36.5 Å². The van der Waals surface area contributed by atoms with Gasteiger partial charge in [0.2, 0.25) is 0 Å². The summed E-state index contributed by atoms with van der Waals surface area (Å²) in [5.74, 6) is -0.623. The second kappa shape index (κ2) is 9.18. The number of rotatable bonds is 5. The van der Waals surface area contributed by atoms with Gasteiger partial charge in [0.05, 0.1) is 16.8 Å². The van der Waals surface area contributed by atoms with Gasteiger partial charge in [-0.3, -0.25) is 14.2 Å². The summed E-state index contributed by atoms with van der Waals surface area (Å²) >= 11 is 0. The van der Waals surface area contributed by atoms with Crippen molar-refractivity contribution < 1.29 is 18.0 Å². The van der Waals surface area contributed by atoms with E-state index in [9.17, 15) is 22.8 Å². The van der Waals surface area contributed by atoms with Crippen LogP contribution in [0, 0.1) is 0 Å². The highest BCUT2D eigenvalue weighted by Gasteiger charge is 2.31. The van der Waals surface area contributed by atoms with Crippen molar-refractivity contribution >= 4 is 16.8 Å². The third-order valence-corrected chi connectivity index (χ3v) is 5.75. The smallest absolute Gasteiger partial charge is 0.348 e. The summed E-state index contributed by atoms with van der Waals surface area (Å²) in [6, 6.07) is 21.8. The number of carbonyl (C=O) groups excluding carboxylic acids is 1. The summed E-state index contributed by atoms with van der Waals surface area (Å²) in [4.78, 5) is 26.4. The molecule has 0 fully saturated rings. The quantitative estimate of drug-likeness (QED) is 0.373. The van der Waals surface area contributed by atoms with Gasteiger partial charge in [0.25, 0.3) is 11.5 Å². The molecule has 0 bridgehead atoms. The summed E-state index contributed by atoms with van der Waals surface area (Å²) in [6.07, 6.45) is -1.09. The van der Waals surface area contributed by atoms with Gasteiger partial charge in [0.1, 0.15) is 5.56 Å². The van der Waals surface area contributed by atoms with Gasteiger partial charge in [-0.15, -0.1) is 0 Å². The number of halogens is 3. The van der Waals surface area contributed by atoms with Crippen molar-refractivity contribution in [2.24, 2.45) is 0 Å². The number of hydrogen-bond acceptors (Lipinski definition) is 3. The van der Waals surface area contributed by atoms with Crippen molar-refractivity contribution in [2.45, 2.75) is 12.7 Å². The lowest BCUT2D eigenvalue weighted by Crippen LogP contribution is -2.32. The average molecular weight is 488 g/mol. The normalized spacial score (nSPS) is 11.5. The number of benzene rings is 3. The van der Waals surface area contributed by atoms with Crippen LogP contribution in [0.4, 0.5) is 13.2 Å². The van der Waals surface area contributed by atoms with Crippen LogP contribution in [0.3, 0.4) is 0 Å². The molecule has 1 amide bonds. The Balaban J connectivity index is 1.47. The lowest BCUT2D eigenvalue weighted by Gasteiger charge is -2.15. The first-order valence-electron chi connectivity index (χ1n) is 11.0. The number of hydrogen-bond donors (Lipinski definition) is 1. The minimum Gasteiger partial charge on any atom is -0.348 e. The van der Waals surface area contributed by atoms with Gasteiger partial charge in [-0.2, -0.15) is 18.3 Å². The minimum absolute atomic E-state index is 0.0230. The molecule has 5 aromatic rings. The first kappa shape index (κ1) is 23.1. The summed E-state index contributed by atoms with van der Waals surface area (Å²) in [5.41, 5.74) is 0.317. The van der Waals surface area contributed by atoms with E-state index < -0.39 is 23.2 Å². The van der Waals surface area contributed by atoms with E-state index in [2.05, 4.69) is 10.4 Å². The number of fused-ring (bicyclic) bond motifs is 1. The van der Waals surface area contributed by atoms with Crippen LogP contribution in [0.15, 0.2) is 102 Å². The number of carbonyl (C=O) groups is 1. The molecular formula is C27H19F3N4O2. The molecule has 0 unspecified atom stereocenters. The van der Waals surface area contributed by atoms with Crippen molar-refractivity contribution in [1.29, 1.82) is 0 Å². The molecule has 0 aliphatic rings. The molecule has 2 aromatic heterocycles. The van der Waals surface area contributed by atoms with Crippen molar-refractivity contribution in [3.05, 3.63) is 124 Å². The third-order valence-electron chi connectivity index (χ3n) is 5.75. The van der Waals surface area contributed by atoms with Crippen molar-refractivity contribution in [1.82, 2.24) is 19.7 Å². The molecule has 0 aliphatic carbocycles. The fraction of sp³-hybridized carbons (Fsp3) is 0.0741. The highest BCUT2D eigenvalue weighted by atomic mass is 19.4. The molecule has 36 heavy (non-hydrogen) atoms. The van der Waals surface area contributed by atoms with Crippen LogP contribution < -0.4 is 10.9 Å². The summed E-state index contributed by atoms with van der Waals surface area (Å²) in [5, 5.41) is 7.44. The molecular weight excluding hydrogens is 469 g/mol. The lowest BCUT2D eigenvalue weighted by atomic mass is 10.1. The van der Waals surface area contributed by atoms with Gasteiger partial charge in [0, 0.05) is 24.6 Å². The third kappa shape index (κ3) is 4.50. The molecule has 0 radical (unpaired) electrons. The lowest BCUT2D eigenvalue weighted by molar-refractivity contribution is -0.137. The fourth-order valence-electron chi connectivity index (χ4n) is 3.97. The van der Waals surface area contributed by atoms with E-state index in [-0.39, 0.29) is 17.8 Å². The second-order valence-corrected chi connectivity index (χ2v) is 8.11. The Hall–Kier alpha value is -4.66. The first-order chi connectivity index (χ1) is 17.3. The van der Waals surface area contributed by atoms with E-state index in [1.165, 1.54) is 18.2 Å². The molecule has 3 aromatic carbocycles. The second-order valence-electron chi connectivity index (χ2n) is 8.11. The van der Waals surface area contributed by atoms with Gasteiger partial charge in [0.15, 0.2) is 0 Å². The number of pyridine rings is 1. The molecule has 180 valence electrons. The SMILES string of the molecule is O=C(NCc1ccc(-n2cccn2)cc1)c1cc2ccccc2n(-c2cccc(C(F)(F)F)c2)c1=O. The molecule has 6 nitrogen and oxygen atoms in total. The fourth-order valence-corrected chi connectivity index (χ4v) is 3.97. The van der Waals surface area contributed by atoms with Crippen molar-refractivity contribution in [2.75, 3.05) is 0 Å². The molecule has 0 aliphatic heterocycles. The topological polar surface area (TPSA) is 68.9 Å². The van der Waals surface area contributed by atoms with Gasteiger partial charge in [-0.1, -0.05) is 36.4 Å². The molecule has 0 saturated heterocycles. The molecule has 9 heteroatoms.